The number of hydrogen-bond acceptors (Lipinski definition) is 7. The molecule has 0 spiro atoms. The molecule has 9 nitrogen and oxygen atoms in total. The summed E-state index contributed by atoms with van der Waals surface area (Å²) in [5.41, 5.74) is 0.0200. The average molecular weight is 531 g/mol. The Balaban J connectivity index is 1.67. The fourth-order valence-corrected chi connectivity index (χ4v) is 5.09. The molecular formula is C22H24Cl2N2O7S. The second kappa shape index (κ2) is 11.7. The quantitative estimate of drug-likeness (QED) is 0.449. The molecule has 2 aromatic rings. The van der Waals surface area contributed by atoms with Crippen LogP contribution in [0.5, 0.6) is 5.75 Å². The number of rotatable bonds is 10. The molecule has 184 valence electrons. The number of benzene rings is 2. The Labute approximate surface area is 207 Å². The Kier molecular flexibility index (Phi) is 9.01. The standard InChI is InChI=1S/C22H24Cl2N2O7S/c1-2-31-15-7-5-14(6-8-15)26-34(29,30)20-10-17(18(23)11-19(20)24)22(28)33-13-21(27)25-12-16-4-3-9-32-16/h5-8,10-11,16,26H,2-4,9,12-13H2,1H3,(H,25,27). The van der Waals surface area contributed by atoms with Gasteiger partial charge in [-0.05, 0) is 56.2 Å². The Morgan fingerprint density at radius 2 is 1.88 bits per heavy atom. The van der Waals surface area contributed by atoms with E-state index in [0.717, 1.165) is 25.0 Å². The van der Waals surface area contributed by atoms with Crippen LogP contribution in [-0.2, 0) is 24.3 Å². The molecular weight excluding hydrogens is 507 g/mol. The number of nitrogens with one attached hydrogen (secondary N) is 2. The van der Waals surface area contributed by atoms with E-state index in [-0.39, 0.29) is 32.3 Å². The summed E-state index contributed by atoms with van der Waals surface area (Å²) in [4.78, 5) is 24.1. The van der Waals surface area contributed by atoms with Crippen LogP contribution in [-0.4, -0.2) is 52.8 Å². The van der Waals surface area contributed by atoms with Gasteiger partial charge in [0.25, 0.3) is 15.9 Å². The van der Waals surface area contributed by atoms with Crippen molar-refractivity contribution in [1.29, 1.82) is 0 Å². The maximum atomic E-state index is 12.9. The molecule has 1 aliphatic rings. The summed E-state index contributed by atoms with van der Waals surface area (Å²) >= 11 is 12.2. The number of amides is 1. The van der Waals surface area contributed by atoms with Gasteiger partial charge in [0.2, 0.25) is 0 Å². The van der Waals surface area contributed by atoms with Crippen molar-refractivity contribution in [2.24, 2.45) is 0 Å². The predicted octanol–water partition coefficient (Wildman–Crippen LogP) is 3.64. The number of anilines is 1. The van der Waals surface area contributed by atoms with Gasteiger partial charge in [-0.1, -0.05) is 23.2 Å². The molecule has 0 radical (unpaired) electrons. The van der Waals surface area contributed by atoms with Crippen LogP contribution in [0.25, 0.3) is 0 Å². The van der Waals surface area contributed by atoms with Crippen LogP contribution in [0.1, 0.15) is 30.1 Å². The van der Waals surface area contributed by atoms with Crippen molar-refractivity contribution in [3.05, 3.63) is 52.0 Å². The molecule has 1 fully saturated rings. The van der Waals surface area contributed by atoms with E-state index in [2.05, 4.69) is 10.0 Å². The second-order valence-electron chi connectivity index (χ2n) is 7.34. The summed E-state index contributed by atoms with van der Waals surface area (Å²) in [5.74, 6) is -0.898. The highest BCUT2D eigenvalue weighted by Gasteiger charge is 2.24. The lowest BCUT2D eigenvalue weighted by atomic mass is 10.2. The van der Waals surface area contributed by atoms with E-state index in [9.17, 15) is 18.0 Å². The molecule has 1 amide bonds. The van der Waals surface area contributed by atoms with Crippen molar-refractivity contribution < 1.29 is 32.2 Å². The summed E-state index contributed by atoms with van der Waals surface area (Å²) in [6.45, 7) is 2.72. The topological polar surface area (TPSA) is 120 Å². The molecule has 1 atom stereocenters. The van der Waals surface area contributed by atoms with E-state index in [0.29, 0.717) is 25.5 Å². The van der Waals surface area contributed by atoms with E-state index in [1.54, 1.807) is 12.1 Å². The lowest BCUT2D eigenvalue weighted by Crippen LogP contribution is -2.34. The van der Waals surface area contributed by atoms with Crippen molar-refractivity contribution in [3.8, 4) is 5.75 Å². The summed E-state index contributed by atoms with van der Waals surface area (Å²) in [5, 5.41) is 2.32. The zero-order valence-electron chi connectivity index (χ0n) is 18.3. The molecule has 0 aromatic heterocycles. The Hall–Kier alpha value is -2.53. The fourth-order valence-electron chi connectivity index (χ4n) is 3.18. The molecule has 1 saturated heterocycles. The SMILES string of the molecule is CCOc1ccc(NS(=O)(=O)c2cc(C(=O)OCC(=O)NCC3CCCO3)c(Cl)cc2Cl)cc1. The first-order valence-electron chi connectivity index (χ1n) is 10.5. The normalized spacial score (nSPS) is 15.6. The molecule has 2 N–H and O–H groups in total. The summed E-state index contributed by atoms with van der Waals surface area (Å²) in [6.07, 6.45) is 1.73. The third-order valence-corrected chi connectivity index (χ3v) is 6.99. The maximum absolute atomic E-state index is 12.9. The third-order valence-electron chi connectivity index (χ3n) is 4.83. The van der Waals surface area contributed by atoms with E-state index in [1.165, 1.54) is 12.1 Å². The van der Waals surface area contributed by atoms with Gasteiger partial charge < -0.3 is 19.5 Å². The molecule has 3 rings (SSSR count). The van der Waals surface area contributed by atoms with Gasteiger partial charge in [-0.25, -0.2) is 13.2 Å². The van der Waals surface area contributed by atoms with Gasteiger partial charge in [0, 0.05) is 18.8 Å². The van der Waals surface area contributed by atoms with Gasteiger partial charge >= 0.3 is 5.97 Å². The van der Waals surface area contributed by atoms with Gasteiger partial charge in [-0.15, -0.1) is 0 Å². The number of sulfonamides is 1. The fraction of sp³-hybridized carbons (Fsp3) is 0.364. The molecule has 0 aliphatic carbocycles. The summed E-state index contributed by atoms with van der Waals surface area (Å²) in [7, 11) is -4.17. The van der Waals surface area contributed by atoms with Crippen LogP contribution >= 0.6 is 23.2 Å². The molecule has 1 heterocycles. The van der Waals surface area contributed by atoms with E-state index >= 15 is 0 Å². The first-order valence-corrected chi connectivity index (χ1v) is 12.7. The van der Waals surface area contributed by atoms with Crippen LogP contribution in [0.15, 0.2) is 41.3 Å². The van der Waals surface area contributed by atoms with E-state index < -0.39 is 28.5 Å². The second-order valence-corrected chi connectivity index (χ2v) is 9.81. The van der Waals surface area contributed by atoms with Gasteiger partial charge in [0.15, 0.2) is 6.61 Å². The summed E-state index contributed by atoms with van der Waals surface area (Å²) in [6, 6.07) is 8.40. The number of ether oxygens (including phenoxy) is 3. The Morgan fingerprint density at radius 1 is 1.15 bits per heavy atom. The zero-order chi connectivity index (χ0) is 24.7. The minimum Gasteiger partial charge on any atom is -0.494 e. The number of halogens is 2. The minimum absolute atomic E-state index is 0.0546. The minimum atomic E-state index is -4.17. The van der Waals surface area contributed by atoms with Crippen LogP contribution < -0.4 is 14.8 Å². The van der Waals surface area contributed by atoms with E-state index in [1.807, 2.05) is 6.92 Å². The highest BCUT2D eigenvalue weighted by atomic mass is 35.5. The van der Waals surface area contributed by atoms with Crippen LogP contribution in [0.4, 0.5) is 5.69 Å². The third kappa shape index (κ3) is 6.99. The number of carbonyl (C=O) groups is 2. The van der Waals surface area contributed by atoms with Gasteiger partial charge in [0.05, 0.1) is 28.3 Å². The van der Waals surface area contributed by atoms with E-state index in [4.69, 9.17) is 37.4 Å². The molecule has 12 heteroatoms. The lowest BCUT2D eigenvalue weighted by Gasteiger charge is -2.13. The van der Waals surface area contributed by atoms with Gasteiger partial charge in [-0.3, -0.25) is 9.52 Å². The molecule has 1 aliphatic heterocycles. The molecule has 0 saturated carbocycles. The highest BCUT2D eigenvalue weighted by molar-refractivity contribution is 7.92. The number of esters is 1. The lowest BCUT2D eigenvalue weighted by molar-refractivity contribution is -0.124. The van der Waals surface area contributed by atoms with Crippen LogP contribution in [0.2, 0.25) is 10.0 Å². The molecule has 0 bridgehead atoms. The van der Waals surface area contributed by atoms with Gasteiger partial charge in [-0.2, -0.15) is 0 Å². The van der Waals surface area contributed by atoms with Crippen molar-refractivity contribution >= 4 is 50.8 Å². The van der Waals surface area contributed by atoms with Crippen LogP contribution in [0.3, 0.4) is 0 Å². The highest BCUT2D eigenvalue weighted by Crippen LogP contribution is 2.30. The number of hydrogen-bond donors (Lipinski definition) is 2. The average Bonchev–Trinajstić information content (AvgIpc) is 3.31. The van der Waals surface area contributed by atoms with Crippen LogP contribution in [0, 0.1) is 0 Å². The monoisotopic (exact) mass is 530 g/mol. The summed E-state index contributed by atoms with van der Waals surface area (Å²) < 4.78 is 43.9. The molecule has 2 aromatic carbocycles. The first-order chi connectivity index (χ1) is 16.2. The number of carbonyl (C=O) groups excluding carboxylic acids is 2. The Bertz CT molecular complexity index is 1130. The smallest absolute Gasteiger partial charge is 0.340 e. The zero-order valence-corrected chi connectivity index (χ0v) is 20.6. The Morgan fingerprint density at radius 3 is 2.53 bits per heavy atom. The molecule has 1 unspecified atom stereocenters. The maximum Gasteiger partial charge on any atom is 0.340 e. The first kappa shape index (κ1) is 26.1. The van der Waals surface area contributed by atoms with Crippen molar-refractivity contribution in [2.45, 2.75) is 30.8 Å². The largest absolute Gasteiger partial charge is 0.494 e. The van der Waals surface area contributed by atoms with Crippen molar-refractivity contribution in [1.82, 2.24) is 5.32 Å². The van der Waals surface area contributed by atoms with Crippen molar-refractivity contribution in [2.75, 3.05) is 31.1 Å². The molecule has 34 heavy (non-hydrogen) atoms. The van der Waals surface area contributed by atoms with Gasteiger partial charge in [0.1, 0.15) is 10.6 Å². The predicted molar refractivity (Wildman–Crippen MR) is 127 cm³/mol. The van der Waals surface area contributed by atoms with Crippen molar-refractivity contribution in [3.63, 3.8) is 0 Å².